The Labute approximate surface area is 72.0 Å². The van der Waals surface area contributed by atoms with Crippen molar-refractivity contribution in [2.75, 3.05) is 0 Å². The molecular formula is C8H12O2S. The molecule has 1 aliphatic heterocycles. The van der Waals surface area contributed by atoms with Crippen LogP contribution in [0.2, 0.25) is 0 Å². The van der Waals surface area contributed by atoms with E-state index in [0.29, 0.717) is 4.91 Å². The van der Waals surface area contributed by atoms with Crippen molar-refractivity contribution in [3.05, 3.63) is 10.7 Å². The third-order valence-electron chi connectivity index (χ3n) is 1.77. The first-order valence-corrected chi connectivity index (χ1v) is 4.28. The Kier molecular flexibility index (Phi) is 2.60. The minimum atomic E-state index is -0.266. The number of hydrogen-bond donors (Lipinski definition) is 1. The Hall–Kier alpha value is -0.440. The molecule has 0 bridgehead atoms. The van der Waals surface area contributed by atoms with Crippen LogP contribution in [0, 0.1) is 0 Å². The van der Waals surface area contributed by atoms with Gasteiger partial charge >= 0.3 is 0 Å². The number of thiol groups is 1. The molecule has 0 spiro atoms. The van der Waals surface area contributed by atoms with Gasteiger partial charge in [0.25, 0.3) is 0 Å². The lowest BCUT2D eigenvalue weighted by Gasteiger charge is -2.06. The maximum absolute atomic E-state index is 11.2. The molecule has 0 amide bonds. The minimum Gasteiger partial charge on any atom is -0.485 e. The number of carbonyl (C=O) groups is 1. The van der Waals surface area contributed by atoms with Gasteiger partial charge in [0.15, 0.2) is 6.10 Å². The third kappa shape index (κ3) is 1.43. The Morgan fingerprint density at radius 1 is 1.55 bits per heavy atom. The molecule has 1 heterocycles. The van der Waals surface area contributed by atoms with Crippen LogP contribution in [-0.2, 0) is 9.53 Å². The van der Waals surface area contributed by atoms with Gasteiger partial charge in [0.2, 0.25) is 5.78 Å². The van der Waals surface area contributed by atoms with Crippen molar-refractivity contribution in [2.24, 2.45) is 0 Å². The molecule has 0 aromatic heterocycles. The number of allylic oxidation sites excluding steroid dienone is 1. The van der Waals surface area contributed by atoms with Crippen LogP contribution >= 0.6 is 12.6 Å². The summed E-state index contributed by atoms with van der Waals surface area (Å²) in [6.45, 7) is 3.89. The van der Waals surface area contributed by atoms with Gasteiger partial charge in [-0.15, -0.1) is 12.6 Å². The predicted octanol–water partition coefficient (Wildman–Crippen LogP) is 1.92. The summed E-state index contributed by atoms with van der Waals surface area (Å²) in [5.74, 6) is 0.776. The van der Waals surface area contributed by atoms with E-state index in [4.69, 9.17) is 4.74 Å². The van der Waals surface area contributed by atoms with E-state index in [0.717, 1.165) is 18.6 Å². The van der Waals surface area contributed by atoms with E-state index in [1.54, 1.807) is 0 Å². The molecule has 1 rings (SSSR count). The summed E-state index contributed by atoms with van der Waals surface area (Å²) in [6, 6.07) is 0. The zero-order valence-corrected chi connectivity index (χ0v) is 7.65. The van der Waals surface area contributed by atoms with Crippen molar-refractivity contribution in [3.63, 3.8) is 0 Å². The van der Waals surface area contributed by atoms with Gasteiger partial charge in [-0.25, -0.2) is 0 Å². The number of carbonyl (C=O) groups excluding carboxylic acids is 1. The van der Waals surface area contributed by atoms with Crippen molar-refractivity contribution in [3.8, 4) is 0 Å². The highest BCUT2D eigenvalue weighted by atomic mass is 32.1. The molecule has 1 aliphatic rings. The van der Waals surface area contributed by atoms with Gasteiger partial charge in [-0.05, 0) is 6.42 Å². The number of hydrogen-bond acceptors (Lipinski definition) is 3. The Balaban J connectivity index is 2.77. The predicted molar refractivity (Wildman–Crippen MR) is 46.5 cm³/mol. The number of Topliss-reactive ketones (excluding diaryl/α,β-unsaturated/α-hetero) is 1. The van der Waals surface area contributed by atoms with Crippen LogP contribution in [0.5, 0.6) is 0 Å². The third-order valence-corrected chi connectivity index (χ3v) is 2.24. The molecule has 0 aromatic rings. The lowest BCUT2D eigenvalue weighted by Crippen LogP contribution is -2.15. The fourth-order valence-electron chi connectivity index (χ4n) is 1.09. The highest BCUT2D eigenvalue weighted by Crippen LogP contribution is 2.27. The van der Waals surface area contributed by atoms with Gasteiger partial charge in [-0.1, -0.05) is 13.8 Å². The molecule has 62 valence electrons. The zero-order chi connectivity index (χ0) is 8.43. The molecule has 0 fully saturated rings. The first kappa shape index (κ1) is 8.65. The summed E-state index contributed by atoms with van der Waals surface area (Å²) >= 11 is 4.08. The van der Waals surface area contributed by atoms with Gasteiger partial charge in [-0.3, -0.25) is 4.79 Å². The molecule has 0 saturated carbocycles. The summed E-state index contributed by atoms with van der Waals surface area (Å²) in [7, 11) is 0. The van der Waals surface area contributed by atoms with Gasteiger partial charge in [0, 0.05) is 6.42 Å². The van der Waals surface area contributed by atoms with Crippen LogP contribution < -0.4 is 0 Å². The Bertz CT molecular complexity index is 208. The maximum atomic E-state index is 11.2. The van der Waals surface area contributed by atoms with E-state index in [9.17, 15) is 4.79 Å². The molecule has 2 nitrogen and oxygen atoms in total. The largest absolute Gasteiger partial charge is 0.485 e. The van der Waals surface area contributed by atoms with Gasteiger partial charge in [0.1, 0.15) is 5.76 Å². The van der Waals surface area contributed by atoms with Crippen LogP contribution in [0.15, 0.2) is 10.7 Å². The van der Waals surface area contributed by atoms with E-state index in [1.807, 2.05) is 13.8 Å². The highest BCUT2D eigenvalue weighted by Gasteiger charge is 2.30. The molecule has 1 atom stereocenters. The number of ketones is 1. The fourth-order valence-corrected chi connectivity index (χ4v) is 1.45. The summed E-state index contributed by atoms with van der Waals surface area (Å²) in [6.07, 6.45) is 1.21. The monoisotopic (exact) mass is 172 g/mol. The van der Waals surface area contributed by atoms with E-state index in [2.05, 4.69) is 12.6 Å². The van der Waals surface area contributed by atoms with Crippen LogP contribution in [0.3, 0.4) is 0 Å². The number of rotatable bonds is 2. The smallest absolute Gasteiger partial charge is 0.212 e. The second-order valence-electron chi connectivity index (χ2n) is 2.50. The lowest BCUT2D eigenvalue weighted by molar-refractivity contribution is -0.120. The molecule has 0 aromatic carbocycles. The van der Waals surface area contributed by atoms with E-state index in [-0.39, 0.29) is 11.9 Å². The van der Waals surface area contributed by atoms with Crippen molar-refractivity contribution >= 4 is 18.4 Å². The van der Waals surface area contributed by atoms with E-state index in [1.165, 1.54) is 0 Å². The first-order chi connectivity index (χ1) is 5.20. The first-order valence-electron chi connectivity index (χ1n) is 3.83. The van der Waals surface area contributed by atoms with E-state index >= 15 is 0 Å². The summed E-state index contributed by atoms with van der Waals surface area (Å²) in [5, 5.41) is 0. The van der Waals surface area contributed by atoms with Crippen LogP contribution in [0.25, 0.3) is 0 Å². The molecule has 11 heavy (non-hydrogen) atoms. The van der Waals surface area contributed by atoms with E-state index < -0.39 is 0 Å². The topological polar surface area (TPSA) is 26.3 Å². The van der Waals surface area contributed by atoms with Gasteiger partial charge in [0.05, 0.1) is 4.91 Å². The van der Waals surface area contributed by atoms with Crippen molar-refractivity contribution < 1.29 is 9.53 Å². The molecule has 0 N–H and O–H groups in total. The molecule has 0 radical (unpaired) electrons. The summed E-state index contributed by atoms with van der Waals surface area (Å²) in [4.78, 5) is 11.8. The summed E-state index contributed by atoms with van der Waals surface area (Å²) < 4.78 is 5.34. The fraction of sp³-hybridized carbons (Fsp3) is 0.625. The maximum Gasteiger partial charge on any atom is 0.212 e. The van der Waals surface area contributed by atoms with Crippen molar-refractivity contribution in [2.45, 2.75) is 32.8 Å². The van der Waals surface area contributed by atoms with Gasteiger partial charge in [-0.2, -0.15) is 0 Å². The number of ether oxygens (including phenoxy) is 1. The average Bonchev–Trinajstić information content (AvgIpc) is 2.30. The van der Waals surface area contributed by atoms with Gasteiger partial charge < -0.3 is 4.74 Å². The van der Waals surface area contributed by atoms with Crippen molar-refractivity contribution in [1.82, 2.24) is 0 Å². The second kappa shape index (κ2) is 3.30. The molecule has 3 heteroatoms. The van der Waals surface area contributed by atoms with Crippen LogP contribution in [0.4, 0.5) is 0 Å². The summed E-state index contributed by atoms with van der Waals surface area (Å²) in [5.41, 5.74) is 0. The SMILES string of the molecule is CCC1=C(S)C(=O)C(CC)O1. The molecule has 1 unspecified atom stereocenters. The highest BCUT2D eigenvalue weighted by molar-refractivity contribution is 7.85. The van der Waals surface area contributed by atoms with Crippen LogP contribution in [-0.4, -0.2) is 11.9 Å². The van der Waals surface area contributed by atoms with Crippen molar-refractivity contribution in [1.29, 1.82) is 0 Å². The Morgan fingerprint density at radius 2 is 2.18 bits per heavy atom. The van der Waals surface area contributed by atoms with Crippen LogP contribution in [0.1, 0.15) is 26.7 Å². The second-order valence-corrected chi connectivity index (χ2v) is 2.95. The molecule has 0 saturated heterocycles. The quantitative estimate of drug-likeness (QED) is 0.644. The molecular weight excluding hydrogens is 160 g/mol. The normalized spacial score (nSPS) is 24.3. The average molecular weight is 172 g/mol. The zero-order valence-electron chi connectivity index (χ0n) is 6.76. The molecule has 0 aliphatic carbocycles. The Morgan fingerprint density at radius 3 is 2.45 bits per heavy atom. The minimum absolute atomic E-state index is 0.0349. The lowest BCUT2D eigenvalue weighted by atomic mass is 10.2. The standard InChI is InChI=1S/C8H12O2S/c1-3-5-7(9)8(11)6(4-2)10-5/h5,11H,3-4H2,1-2H3.